The molecule has 8 heteroatoms. The summed E-state index contributed by atoms with van der Waals surface area (Å²) in [6.07, 6.45) is 0.774. The fourth-order valence-corrected chi connectivity index (χ4v) is 4.86. The van der Waals surface area contributed by atoms with Crippen molar-refractivity contribution in [3.05, 3.63) is 57.5 Å². The van der Waals surface area contributed by atoms with Gasteiger partial charge in [0.25, 0.3) is 5.91 Å². The Labute approximate surface area is 165 Å². The first-order valence-corrected chi connectivity index (χ1v) is 9.95. The van der Waals surface area contributed by atoms with E-state index in [9.17, 15) is 18.8 Å². The number of hydrogen-bond acceptors (Lipinski definition) is 4. The van der Waals surface area contributed by atoms with Crippen LogP contribution in [0.15, 0.2) is 35.7 Å². The molecule has 1 fully saturated rings. The van der Waals surface area contributed by atoms with Crippen molar-refractivity contribution in [2.24, 2.45) is 0 Å². The van der Waals surface area contributed by atoms with Crippen LogP contribution in [0.1, 0.15) is 35.9 Å². The average molecular weight is 401 g/mol. The molecule has 2 atom stereocenters. The van der Waals surface area contributed by atoms with Crippen LogP contribution >= 0.6 is 11.3 Å². The number of urea groups is 1. The predicted molar refractivity (Wildman–Crippen MR) is 102 cm³/mol. The number of imide groups is 1. The first kappa shape index (κ1) is 18.6. The van der Waals surface area contributed by atoms with Crippen molar-refractivity contribution >= 4 is 29.2 Å². The van der Waals surface area contributed by atoms with Gasteiger partial charge in [-0.3, -0.25) is 14.5 Å². The molecular formula is C20H20FN3O3S. The van der Waals surface area contributed by atoms with Gasteiger partial charge in [-0.2, -0.15) is 0 Å². The van der Waals surface area contributed by atoms with Crippen molar-refractivity contribution in [1.82, 2.24) is 15.1 Å². The Morgan fingerprint density at radius 2 is 2.00 bits per heavy atom. The predicted octanol–water partition coefficient (Wildman–Crippen LogP) is 2.80. The van der Waals surface area contributed by atoms with Crippen molar-refractivity contribution in [2.45, 2.75) is 31.8 Å². The number of fused-ring (bicyclic) bond motifs is 1. The molecule has 4 rings (SSSR count). The zero-order chi connectivity index (χ0) is 20.1. The number of amides is 4. The largest absolute Gasteiger partial charge is 0.334 e. The summed E-state index contributed by atoms with van der Waals surface area (Å²) in [5.41, 5.74) is 0.272. The first-order chi connectivity index (χ1) is 13.3. The number of halogens is 1. The first-order valence-electron chi connectivity index (χ1n) is 9.07. The topological polar surface area (TPSA) is 69.7 Å². The third kappa shape index (κ3) is 2.88. The highest BCUT2D eigenvalue weighted by molar-refractivity contribution is 7.10. The van der Waals surface area contributed by atoms with Gasteiger partial charge in [-0.15, -0.1) is 11.3 Å². The molecule has 2 aliphatic heterocycles. The van der Waals surface area contributed by atoms with E-state index in [0.29, 0.717) is 12.1 Å². The standard InChI is InChI=1S/C20H20FN3O3S/c1-12-15-8-10-28-16(15)7-9-23(12)17(25)11-24-18(26)20(2,22-19(24)27)13-3-5-14(21)6-4-13/h3-6,8,10,12H,7,9,11H2,1-2H3,(H,22,27). The van der Waals surface area contributed by atoms with E-state index in [1.165, 1.54) is 29.1 Å². The molecule has 0 saturated carbocycles. The summed E-state index contributed by atoms with van der Waals surface area (Å²) in [7, 11) is 0. The summed E-state index contributed by atoms with van der Waals surface area (Å²) in [5, 5.41) is 4.66. The minimum Gasteiger partial charge on any atom is -0.334 e. The normalized spacial score (nSPS) is 24.3. The molecule has 1 N–H and O–H groups in total. The highest BCUT2D eigenvalue weighted by Crippen LogP contribution is 2.34. The number of nitrogens with one attached hydrogen (secondary N) is 1. The molecule has 2 unspecified atom stereocenters. The molecule has 0 bridgehead atoms. The molecule has 6 nitrogen and oxygen atoms in total. The summed E-state index contributed by atoms with van der Waals surface area (Å²) in [4.78, 5) is 42.2. The Morgan fingerprint density at radius 3 is 2.71 bits per heavy atom. The Morgan fingerprint density at radius 1 is 1.29 bits per heavy atom. The minimum absolute atomic E-state index is 0.0910. The molecule has 1 saturated heterocycles. The minimum atomic E-state index is -1.32. The van der Waals surface area contributed by atoms with Crippen molar-refractivity contribution in [3.8, 4) is 0 Å². The molecule has 0 spiro atoms. The Balaban J connectivity index is 1.52. The lowest BCUT2D eigenvalue weighted by atomic mass is 9.92. The SMILES string of the molecule is CC1c2ccsc2CCN1C(=O)CN1C(=O)NC(C)(c2ccc(F)cc2)C1=O. The molecule has 0 radical (unpaired) electrons. The maximum atomic E-state index is 13.2. The van der Waals surface area contributed by atoms with Crippen molar-refractivity contribution in [2.75, 3.05) is 13.1 Å². The van der Waals surface area contributed by atoms with E-state index in [0.717, 1.165) is 16.9 Å². The van der Waals surface area contributed by atoms with Crippen LogP contribution in [-0.2, 0) is 21.5 Å². The summed E-state index contributed by atoms with van der Waals surface area (Å²) in [6, 6.07) is 6.71. The van der Waals surface area contributed by atoms with Crippen LogP contribution in [0, 0.1) is 5.82 Å². The average Bonchev–Trinajstić information content (AvgIpc) is 3.22. The molecule has 2 aliphatic rings. The number of rotatable bonds is 3. The second kappa shape index (κ2) is 6.70. The lowest BCUT2D eigenvalue weighted by Crippen LogP contribution is -2.46. The van der Waals surface area contributed by atoms with E-state index in [4.69, 9.17) is 0 Å². The Bertz CT molecular complexity index is 958. The molecule has 1 aromatic carbocycles. The second-order valence-corrected chi connectivity index (χ2v) is 8.27. The van der Waals surface area contributed by atoms with Crippen molar-refractivity contribution in [3.63, 3.8) is 0 Å². The maximum absolute atomic E-state index is 13.2. The van der Waals surface area contributed by atoms with Gasteiger partial charge in [0.05, 0.1) is 6.04 Å². The van der Waals surface area contributed by atoms with Crippen molar-refractivity contribution in [1.29, 1.82) is 0 Å². The number of benzene rings is 1. The number of nitrogens with zero attached hydrogens (tertiary/aromatic N) is 2. The van der Waals surface area contributed by atoms with E-state index in [1.54, 1.807) is 23.2 Å². The lowest BCUT2D eigenvalue weighted by molar-refractivity contribution is -0.140. The zero-order valence-electron chi connectivity index (χ0n) is 15.6. The van der Waals surface area contributed by atoms with Crippen LogP contribution in [0.4, 0.5) is 9.18 Å². The maximum Gasteiger partial charge on any atom is 0.325 e. The van der Waals surface area contributed by atoms with E-state index in [1.807, 2.05) is 18.4 Å². The molecule has 0 aliphatic carbocycles. The monoisotopic (exact) mass is 401 g/mol. The van der Waals surface area contributed by atoms with Crippen LogP contribution < -0.4 is 5.32 Å². The van der Waals surface area contributed by atoms with Crippen molar-refractivity contribution < 1.29 is 18.8 Å². The fourth-order valence-electron chi connectivity index (χ4n) is 3.90. The van der Waals surface area contributed by atoms with Gasteiger partial charge in [0, 0.05) is 11.4 Å². The van der Waals surface area contributed by atoms with Gasteiger partial charge in [-0.25, -0.2) is 9.18 Å². The zero-order valence-corrected chi connectivity index (χ0v) is 16.4. The molecule has 4 amide bonds. The molecule has 1 aromatic heterocycles. The van der Waals surface area contributed by atoms with E-state index in [2.05, 4.69) is 5.32 Å². The lowest BCUT2D eigenvalue weighted by Gasteiger charge is -2.34. The second-order valence-electron chi connectivity index (χ2n) is 7.27. The van der Waals surface area contributed by atoms with Gasteiger partial charge in [-0.1, -0.05) is 12.1 Å². The highest BCUT2D eigenvalue weighted by atomic mass is 32.1. The summed E-state index contributed by atoms with van der Waals surface area (Å²) in [6.45, 7) is 3.76. The van der Waals surface area contributed by atoms with Crippen LogP contribution in [-0.4, -0.2) is 40.7 Å². The molecule has 2 aromatic rings. The van der Waals surface area contributed by atoms with E-state index in [-0.39, 0.29) is 18.5 Å². The third-order valence-electron chi connectivity index (χ3n) is 5.59. The smallest absolute Gasteiger partial charge is 0.325 e. The van der Waals surface area contributed by atoms with Gasteiger partial charge >= 0.3 is 6.03 Å². The molecule has 146 valence electrons. The van der Waals surface area contributed by atoms with Gasteiger partial charge in [0.1, 0.15) is 17.9 Å². The highest BCUT2D eigenvalue weighted by Gasteiger charge is 2.50. The Kier molecular flexibility index (Phi) is 4.45. The van der Waals surface area contributed by atoms with Crippen LogP contribution in [0.2, 0.25) is 0 Å². The van der Waals surface area contributed by atoms with Gasteiger partial charge in [0.2, 0.25) is 5.91 Å². The quantitative estimate of drug-likeness (QED) is 0.804. The third-order valence-corrected chi connectivity index (χ3v) is 6.58. The van der Waals surface area contributed by atoms with Crippen LogP contribution in [0.3, 0.4) is 0 Å². The summed E-state index contributed by atoms with van der Waals surface area (Å²) in [5.74, 6) is -1.21. The van der Waals surface area contributed by atoms with E-state index >= 15 is 0 Å². The molecule has 28 heavy (non-hydrogen) atoms. The molecule has 3 heterocycles. The number of hydrogen-bond donors (Lipinski definition) is 1. The number of thiophene rings is 1. The van der Waals surface area contributed by atoms with Gasteiger partial charge in [0.15, 0.2) is 0 Å². The number of carbonyl (C=O) groups is 3. The molecular weight excluding hydrogens is 381 g/mol. The van der Waals surface area contributed by atoms with Crippen LogP contribution in [0.5, 0.6) is 0 Å². The summed E-state index contributed by atoms with van der Waals surface area (Å²) < 4.78 is 13.2. The van der Waals surface area contributed by atoms with Crippen LogP contribution in [0.25, 0.3) is 0 Å². The Hall–Kier alpha value is -2.74. The fraction of sp³-hybridized carbons (Fsp3) is 0.350. The summed E-state index contributed by atoms with van der Waals surface area (Å²) >= 11 is 1.68. The van der Waals surface area contributed by atoms with Gasteiger partial charge < -0.3 is 10.2 Å². The van der Waals surface area contributed by atoms with Gasteiger partial charge in [-0.05, 0) is 55.0 Å². The number of carbonyl (C=O) groups excluding carboxylic acids is 3. The van der Waals surface area contributed by atoms with E-state index < -0.39 is 23.3 Å².